The van der Waals surface area contributed by atoms with Crippen LogP contribution in [0.2, 0.25) is 0 Å². The van der Waals surface area contributed by atoms with E-state index in [1.54, 1.807) is 0 Å². The molecule has 224 valence electrons. The van der Waals surface area contributed by atoms with Crippen molar-refractivity contribution in [3.8, 4) is 11.5 Å². The monoisotopic (exact) mass is 582 g/mol. The molecular weight excluding hydrogens is 544 g/mol. The highest BCUT2D eigenvalue weighted by atomic mass is 16.7. The molecule has 3 aromatic rings. The number of hydrogen-bond donors (Lipinski definition) is 1. The smallest absolute Gasteiger partial charge is 0.242 e. The Bertz CT molecular complexity index is 1600. The largest absolute Gasteiger partial charge is 0.464 e. The van der Waals surface area contributed by atoms with Crippen LogP contribution in [-0.4, -0.2) is 61.0 Å². The fourth-order valence-electron chi connectivity index (χ4n) is 6.82. The number of ether oxygens (including phenoxy) is 2. The van der Waals surface area contributed by atoms with E-state index in [1.807, 2.05) is 60.4 Å². The summed E-state index contributed by atoms with van der Waals surface area (Å²) in [6.45, 7) is 10.2. The summed E-state index contributed by atoms with van der Waals surface area (Å²) < 4.78 is 17.2. The molecule has 1 aromatic heterocycles. The van der Waals surface area contributed by atoms with Gasteiger partial charge in [-0.15, -0.1) is 0 Å². The Morgan fingerprint density at radius 1 is 0.977 bits per heavy atom. The van der Waals surface area contributed by atoms with Gasteiger partial charge in [0.1, 0.15) is 17.6 Å². The number of ketones is 1. The standard InChI is InChI=1S/C34H38N4O5/c1-22-8-10-29(43-22)33-32-25(17-34(2,3)18-27(32)39)35-24-6-4-5-7-26(24)38(33)20-31(40)37-14-12-36(13-15-37)19-23-9-11-28-30(16-23)42-21-41-28/h4-11,16,33,35H,12-15,17-21H2,1-3H3. The number of nitrogens with one attached hydrogen (secondary N) is 1. The van der Waals surface area contributed by atoms with Crippen molar-refractivity contribution < 1.29 is 23.5 Å². The maximum atomic E-state index is 14.0. The Labute approximate surface area is 252 Å². The lowest BCUT2D eigenvalue weighted by Gasteiger charge is -2.39. The van der Waals surface area contributed by atoms with E-state index in [0.717, 1.165) is 60.4 Å². The molecule has 4 heterocycles. The van der Waals surface area contributed by atoms with Gasteiger partial charge < -0.3 is 29.0 Å². The van der Waals surface area contributed by atoms with Crippen LogP contribution in [0.1, 0.15) is 49.8 Å². The van der Waals surface area contributed by atoms with Crippen molar-refractivity contribution >= 4 is 23.1 Å². The second kappa shape index (κ2) is 10.8. The fourth-order valence-corrected chi connectivity index (χ4v) is 6.82. The minimum absolute atomic E-state index is 0.0402. The van der Waals surface area contributed by atoms with E-state index in [0.29, 0.717) is 30.8 Å². The van der Waals surface area contributed by atoms with Gasteiger partial charge in [0.15, 0.2) is 17.3 Å². The van der Waals surface area contributed by atoms with Gasteiger partial charge in [-0.2, -0.15) is 0 Å². The van der Waals surface area contributed by atoms with Gasteiger partial charge in [-0.3, -0.25) is 14.5 Å². The van der Waals surface area contributed by atoms with Crippen LogP contribution < -0.4 is 19.7 Å². The zero-order valence-electron chi connectivity index (χ0n) is 25.0. The quantitative estimate of drug-likeness (QED) is 0.435. The van der Waals surface area contributed by atoms with Gasteiger partial charge in [-0.25, -0.2) is 0 Å². The van der Waals surface area contributed by atoms with E-state index >= 15 is 0 Å². The number of piperazine rings is 1. The van der Waals surface area contributed by atoms with Crippen LogP contribution in [0, 0.1) is 12.3 Å². The Balaban J connectivity index is 1.14. The summed E-state index contributed by atoms with van der Waals surface area (Å²) in [6.07, 6.45) is 1.19. The van der Waals surface area contributed by atoms with Crippen molar-refractivity contribution in [2.45, 2.75) is 46.2 Å². The molecule has 4 aliphatic rings. The summed E-state index contributed by atoms with van der Waals surface area (Å²) in [6, 6.07) is 17.5. The maximum Gasteiger partial charge on any atom is 0.242 e. The van der Waals surface area contributed by atoms with Gasteiger partial charge in [-0.1, -0.05) is 32.0 Å². The van der Waals surface area contributed by atoms with Crippen LogP contribution in [0.5, 0.6) is 11.5 Å². The van der Waals surface area contributed by atoms with E-state index in [1.165, 1.54) is 5.56 Å². The van der Waals surface area contributed by atoms with Gasteiger partial charge in [0.05, 0.1) is 17.9 Å². The number of nitrogens with zero attached hydrogens (tertiary/aromatic N) is 3. The van der Waals surface area contributed by atoms with Crippen molar-refractivity contribution in [1.82, 2.24) is 9.80 Å². The molecule has 1 fully saturated rings. The number of allylic oxidation sites excluding steroid dienone is 1. The number of benzene rings is 2. The highest BCUT2D eigenvalue weighted by Crippen LogP contribution is 2.48. The molecular formula is C34H38N4O5. The molecule has 3 aliphatic heterocycles. The number of Topliss-reactive ketones (excluding diaryl/α,β-unsaturated/α-hetero) is 1. The molecule has 1 aliphatic carbocycles. The van der Waals surface area contributed by atoms with Crippen molar-refractivity contribution in [1.29, 1.82) is 0 Å². The summed E-state index contributed by atoms with van der Waals surface area (Å²) >= 11 is 0. The molecule has 1 saturated heterocycles. The fraction of sp³-hybridized carbons (Fsp3) is 0.412. The molecule has 1 atom stereocenters. The summed E-state index contributed by atoms with van der Waals surface area (Å²) in [4.78, 5) is 34.2. The molecule has 0 saturated carbocycles. The predicted molar refractivity (Wildman–Crippen MR) is 163 cm³/mol. The summed E-state index contributed by atoms with van der Waals surface area (Å²) in [5, 5.41) is 3.61. The lowest BCUT2D eigenvalue weighted by atomic mass is 9.74. The molecule has 9 nitrogen and oxygen atoms in total. The topological polar surface area (TPSA) is 87.5 Å². The Morgan fingerprint density at radius 3 is 2.56 bits per heavy atom. The van der Waals surface area contributed by atoms with E-state index in [4.69, 9.17) is 13.9 Å². The molecule has 1 unspecified atom stereocenters. The van der Waals surface area contributed by atoms with Crippen molar-refractivity contribution in [3.63, 3.8) is 0 Å². The number of fused-ring (bicyclic) bond motifs is 2. The Morgan fingerprint density at radius 2 is 1.77 bits per heavy atom. The first-order valence-electron chi connectivity index (χ1n) is 15.1. The van der Waals surface area contributed by atoms with E-state index < -0.39 is 6.04 Å². The summed E-state index contributed by atoms with van der Waals surface area (Å²) in [7, 11) is 0. The molecule has 1 N–H and O–H groups in total. The average Bonchev–Trinajstić information content (AvgIpc) is 3.59. The van der Waals surface area contributed by atoms with Crippen molar-refractivity contribution in [2.24, 2.45) is 5.41 Å². The third kappa shape index (κ3) is 5.38. The Kier molecular flexibility index (Phi) is 6.92. The Hall–Kier alpha value is -4.24. The minimum atomic E-state index is -0.500. The number of furan rings is 1. The van der Waals surface area contributed by atoms with E-state index in [-0.39, 0.29) is 30.4 Å². The molecule has 0 radical (unpaired) electrons. The number of rotatable bonds is 5. The second-order valence-corrected chi connectivity index (χ2v) is 12.8. The van der Waals surface area contributed by atoms with Crippen LogP contribution >= 0.6 is 0 Å². The number of carbonyl (C=O) groups is 2. The minimum Gasteiger partial charge on any atom is -0.464 e. The molecule has 7 rings (SSSR count). The third-order valence-corrected chi connectivity index (χ3v) is 8.91. The lowest BCUT2D eigenvalue weighted by Crippen LogP contribution is -2.51. The number of carbonyl (C=O) groups excluding carboxylic acids is 2. The molecule has 0 spiro atoms. The van der Waals surface area contributed by atoms with Crippen LogP contribution in [0.4, 0.5) is 11.4 Å². The first-order chi connectivity index (χ1) is 20.7. The van der Waals surface area contributed by atoms with Gasteiger partial charge in [0, 0.05) is 50.4 Å². The first kappa shape index (κ1) is 27.6. The average molecular weight is 583 g/mol. The third-order valence-electron chi connectivity index (χ3n) is 8.91. The normalized spacial score (nSPS) is 21.3. The zero-order chi connectivity index (χ0) is 29.7. The lowest BCUT2D eigenvalue weighted by molar-refractivity contribution is -0.131. The number of para-hydroxylation sites is 2. The molecule has 0 bridgehead atoms. The zero-order valence-corrected chi connectivity index (χ0v) is 25.0. The number of anilines is 2. The molecule has 9 heteroatoms. The van der Waals surface area contributed by atoms with Crippen LogP contribution in [0.25, 0.3) is 0 Å². The van der Waals surface area contributed by atoms with Gasteiger partial charge in [0.2, 0.25) is 12.7 Å². The summed E-state index contributed by atoms with van der Waals surface area (Å²) in [5.41, 5.74) is 4.40. The number of hydrogen-bond acceptors (Lipinski definition) is 8. The van der Waals surface area contributed by atoms with Gasteiger partial charge in [-0.05, 0) is 60.7 Å². The van der Waals surface area contributed by atoms with E-state index in [2.05, 4.69) is 35.0 Å². The summed E-state index contributed by atoms with van der Waals surface area (Å²) in [5.74, 6) is 3.17. The van der Waals surface area contributed by atoms with Crippen LogP contribution in [0.3, 0.4) is 0 Å². The second-order valence-electron chi connectivity index (χ2n) is 12.8. The number of aryl methyl sites for hydroxylation is 1. The molecule has 2 aromatic carbocycles. The molecule has 43 heavy (non-hydrogen) atoms. The highest BCUT2D eigenvalue weighted by Gasteiger charge is 2.43. The van der Waals surface area contributed by atoms with Crippen LogP contribution in [0.15, 0.2) is 70.3 Å². The highest BCUT2D eigenvalue weighted by molar-refractivity contribution is 6.01. The van der Waals surface area contributed by atoms with Crippen molar-refractivity contribution in [3.05, 3.63) is 83.0 Å². The van der Waals surface area contributed by atoms with Gasteiger partial charge in [0.25, 0.3) is 0 Å². The van der Waals surface area contributed by atoms with Gasteiger partial charge >= 0.3 is 0 Å². The van der Waals surface area contributed by atoms with Crippen molar-refractivity contribution in [2.75, 3.05) is 49.7 Å². The number of amides is 1. The van der Waals surface area contributed by atoms with Crippen LogP contribution in [-0.2, 0) is 16.1 Å². The molecule has 1 amide bonds. The SMILES string of the molecule is Cc1ccc(C2C3=C(CC(C)(C)CC3=O)Nc3ccccc3N2CC(=O)N2CCN(Cc3ccc4c(c3)OCO4)CC2)o1. The first-order valence-corrected chi connectivity index (χ1v) is 15.1. The van der Waals surface area contributed by atoms with E-state index in [9.17, 15) is 9.59 Å². The predicted octanol–water partition coefficient (Wildman–Crippen LogP) is 5.28. The maximum absolute atomic E-state index is 14.0.